The summed E-state index contributed by atoms with van der Waals surface area (Å²) in [5.74, 6) is -1.07. The maximum Gasteiger partial charge on any atom is 0.338 e. The Morgan fingerprint density at radius 2 is 1.74 bits per heavy atom. The van der Waals surface area contributed by atoms with Crippen molar-refractivity contribution in [3.8, 4) is 0 Å². The smallest absolute Gasteiger partial charge is 0.338 e. The quantitative estimate of drug-likeness (QED) is 0.520. The number of esters is 1. The Kier molecular flexibility index (Phi) is 6.67. The number of fused-ring (bicyclic) bond motifs is 1. The van der Waals surface area contributed by atoms with Gasteiger partial charge in [-0.2, -0.15) is 17.9 Å². The number of rotatable bonds is 6. The topological polar surface area (TPSA) is 105 Å². The van der Waals surface area contributed by atoms with Gasteiger partial charge in [0.05, 0.1) is 17.1 Å². The molecule has 0 fully saturated rings. The van der Waals surface area contributed by atoms with Crippen molar-refractivity contribution in [2.24, 2.45) is 5.10 Å². The Bertz CT molecular complexity index is 1370. The summed E-state index contributed by atoms with van der Waals surface area (Å²) in [7, 11) is -4.09. The minimum atomic E-state index is -4.09. The van der Waals surface area contributed by atoms with Gasteiger partial charge in [0.1, 0.15) is 12.3 Å². The number of hydrogen-bond donors (Lipinski definition) is 1. The first-order chi connectivity index (χ1) is 16.3. The molecule has 0 saturated carbocycles. The third-order valence-electron chi connectivity index (χ3n) is 4.97. The van der Waals surface area contributed by atoms with Crippen molar-refractivity contribution >= 4 is 44.9 Å². The van der Waals surface area contributed by atoms with Crippen LogP contribution in [0.4, 0.5) is 5.69 Å². The van der Waals surface area contributed by atoms with Crippen molar-refractivity contribution in [2.75, 3.05) is 18.5 Å². The number of sulfonamides is 1. The van der Waals surface area contributed by atoms with Gasteiger partial charge in [0.15, 0.2) is 0 Å². The third-order valence-corrected chi connectivity index (χ3v) is 6.88. The lowest BCUT2D eigenvalue weighted by molar-refractivity contribution is -0.116. The highest BCUT2D eigenvalue weighted by Gasteiger charge is 2.34. The molecule has 34 heavy (non-hydrogen) atoms. The number of anilines is 1. The molecule has 0 bridgehead atoms. The molecule has 0 atom stereocenters. The third kappa shape index (κ3) is 4.80. The molecule has 4 rings (SSSR count). The van der Waals surface area contributed by atoms with Crippen molar-refractivity contribution in [2.45, 2.75) is 11.8 Å². The van der Waals surface area contributed by atoms with Crippen LogP contribution in [-0.2, 0) is 19.6 Å². The number of nitrogens with one attached hydrogen (secondary N) is 1. The Morgan fingerprint density at radius 1 is 1.03 bits per heavy atom. The van der Waals surface area contributed by atoms with Gasteiger partial charge in [0, 0.05) is 21.8 Å². The highest BCUT2D eigenvalue weighted by molar-refractivity contribution is 7.89. The molecule has 0 spiro atoms. The van der Waals surface area contributed by atoms with Gasteiger partial charge in [-0.05, 0) is 49.4 Å². The van der Waals surface area contributed by atoms with Crippen LogP contribution in [0.2, 0.25) is 5.02 Å². The van der Waals surface area contributed by atoms with Crippen LogP contribution in [-0.4, -0.2) is 43.6 Å². The number of hydrogen-bond acceptors (Lipinski definition) is 6. The van der Waals surface area contributed by atoms with Gasteiger partial charge in [-0.3, -0.25) is 4.79 Å². The van der Waals surface area contributed by atoms with Crippen molar-refractivity contribution in [3.63, 3.8) is 0 Å². The van der Waals surface area contributed by atoms with Crippen LogP contribution >= 0.6 is 11.6 Å². The van der Waals surface area contributed by atoms with Crippen molar-refractivity contribution in [3.05, 3.63) is 94.5 Å². The number of carbonyl (C=O) groups is 2. The van der Waals surface area contributed by atoms with Crippen LogP contribution < -0.4 is 5.32 Å². The molecule has 0 saturated heterocycles. The van der Waals surface area contributed by atoms with Gasteiger partial charge in [-0.1, -0.05) is 41.9 Å². The van der Waals surface area contributed by atoms with Crippen molar-refractivity contribution in [1.29, 1.82) is 0 Å². The van der Waals surface area contributed by atoms with Crippen LogP contribution in [0.1, 0.15) is 28.4 Å². The maximum atomic E-state index is 13.2. The van der Waals surface area contributed by atoms with Gasteiger partial charge in [0.25, 0.3) is 10.0 Å². The molecule has 1 amide bonds. The highest BCUT2D eigenvalue weighted by atomic mass is 35.5. The lowest BCUT2D eigenvalue weighted by Gasteiger charge is -2.27. The molecule has 0 unspecified atom stereocenters. The zero-order chi connectivity index (χ0) is 24.3. The lowest BCUT2D eigenvalue weighted by Crippen LogP contribution is -2.38. The Labute approximate surface area is 201 Å². The Morgan fingerprint density at radius 3 is 2.41 bits per heavy atom. The molecule has 3 aromatic carbocycles. The second kappa shape index (κ2) is 9.66. The van der Waals surface area contributed by atoms with E-state index in [4.69, 9.17) is 16.3 Å². The van der Waals surface area contributed by atoms with E-state index in [9.17, 15) is 18.0 Å². The predicted molar refractivity (Wildman–Crippen MR) is 128 cm³/mol. The van der Waals surface area contributed by atoms with Gasteiger partial charge in [-0.15, -0.1) is 0 Å². The van der Waals surface area contributed by atoms with E-state index in [1.807, 2.05) is 18.2 Å². The van der Waals surface area contributed by atoms with E-state index in [0.29, 0.717) is 33.1 Å². The minimum absolute atomic E-state index is 0.0114. The molecule has 3 aromatic rings. The second-order valence-electron chi connectivity index (χ2n) is 7.29. The summed E-state index contributed by atoms with van der Waals surface area (Å²) in [6.07, 6.45) is 0. The lowest BCUT2D eigenvalue weighted by atomic mass is 10.0. The molecular weight excluding hydrogens is 478 g/mol. The summed E-state index contributed by atoms with van der Waals surface area (Å²) in [6, 6.07) is 19.6. The summed E-state index contributed by atoms with van der Waals surface area (Å²) >= 11 is 6.13. The van der Waals surface area contributed by atoms with Crippen molar-refractivity contribution < 1.29 is 22.7 Å². The molecular formula is C24H20ClN3O5S. The summed E-state index contributed by atoms with van der Waals surface area (Å²) in [4.78, 5) is 24.5. The van der Waals surface area contributed by atoms with E-state index in [-0.39, 0.29) is 11.5 Å². The van der Waals surface area contributed by atoms with Gasteiger partial charge >= 0.3 is 5.97 Å². The standard InChI is InChI=1S/C24H20ClN3O5S/c1-2-33-24(30)17-8-11-19(12-9-17)26-22(29)15-28-27-23(16-6-4-3-5-7-16)20-14-18(25)10-13-21(20)34(28,31)32/h3-14H,2,15H2,1H3,(H,26,29). The molecule has 0 aromatic heterocycles. The maximum absolute atomic E-state index is 13.2. The molecule has 0 radical (unpaired) electrons. The summed E-state index contributed by atoms with van der Waals surface area (Å²) in [6.45, 7) is 1.42. The van der Waals surface area contributed by atoms with E-state index >= 15 is 0 Å². The fourth-order valence-corrected chi connectivity index (χ4v) is 4.95. The molecule has 1 aliphatic heterocycles. The van der Waals surface area contributed by atoms with Gasteiger partial charge < -0.3 is 10.1 Å². The average Bonchev–Trinajstić information content (AvgIpc) is 2.82. The second-order valence-corrected chi connectivity index (χ2v) is 9.53. The molecule has 10 heteroatoms. The fraction of sp³-hybridized carbons (Fsp3) is 0.125. The zero-order valence-corrected chi connectivity index (χ0v) is 19.6. The average molecular weight is 498 g/mol. The normalized spacial score (nSPS) is 14.1. The molecule has 1 heterocycles. The largest absolute Gasteiger partial charge is 0.462 e. The first-order valence-electron chi connectivity index (χ1n) is 10.3. The van der Waals surface area contributed by atoms with Crippen LogP contribution in [0.5, 0.6) is 0 Å². The number of ether oxygens (including phenoxy) is 1. The number of nitrogens with zero attached hydrogens (tertiary/aromatic N) is 2. The molecule has 0 aliphatic carbocycles. The van der Waals surface area contributed by atoms with Crippen LogP contribution in [0.15, 0.2) is 82.8 Å². The van der Waals surface area contributed by atoms with Gasteiger partial charge in [-0.25, -0.2) is 4.79 Å². The molecule has 1 aliphatic rings. The molecule has 174 valence electrons. The summed E-state index contributed by atoms with van der Waals surface area (Å²) in [5.41, 5.74) is 2.17. The van der Waals surface area contributed by atoms with E-state index < -0.39 is 28.4 Å². The van der Waals surface area contributed by atoms with E-state index in [1.54, 1.807) is 25.1 Å². The summed E-state index contributed by atoms with van der Waals surface area (Å²) in [5, 5.41) is 7.30. The molecule has 1 N–H and O–H groups in total. The Hall–Kier alpha value is -3.69. The first kappa shape index (κ1) is 23.5. The van der Waals surface area contributed by atoms with Crippen LogP contribution in [0.25, 0.3) is 0 Å². The number of benzene rings is 3. The van der Waals surface area contributed by atoms with E-state index in [1.165, 1.54) is 36.4 Å². The first-order valence-corrected chi connectivity index (χ1v) is 12.1. The van der Waals surface area contributed by atoms with Crippen LogP contribution in [0, 0.1) is 0 Å². The fourth-order valence-electron chi connectivity index (χ4n) is 3.40. The minimum Gasteiger partial charge on any atom is -0.462 e. The molecule has 8 nitrogen and oxygen atoms in total. The van der Waals surface area contributed by atoms with Gasteiger partial charge in [0.2, 0.25) is 5.91 Å². The number of halogens is 1. The van der Waals surface area contributed by atoms with E-state index in [0.717, 1.165) is 4.41 Å². The summed E-state index contributed by atoms with van der Waals surface area (Å²) < 4.78 is 32.1. The Balaban J connectivity index is 1.60. The monoisotopic (exact) mass is 497 g/mol. The number of carbonyl (C=O) groups excluding carboxylic acids is 2. The predicted octanol–water partition coefficient (Wildman–Crippen LogP) is 3.91. The number of amides is 1. The number of hydrazone groups is 1. The highest BCUT2D eigenvalue weighted by Crippen LogP contribution is 2.31. The van der Waals surface area contributed by atoms with Crippen molar-refractivity contribution in [1.82, 2.24) is 4.41 Å². The SMILES string of the molecule is CCOC(=O)c1ccc(NC(=O)CN2N=C(c3ccccc3)c3cc(Cl)ccc3S2(=O)=O)cc1. The zero-order valence-electron chi connectivity index (χ0n) is 18.1. The van der Waals surface area contributed by atoms with Crippen LogP contribution in [0.3, 0.4) is 0 Å². The van der Waals surface area contributed by atoms with E-state index in [2.05, 4.69) is 10.4 Å².